The Bertz CT molecular complexity index is 105. The number of nitrogens with two attached hydrogens (primary N) is 1. The summed E-state index contributed by atoms with van der Waals surface area (Å²) < 4.78 is 0. The molecule has 0 aromatic carbocycles. The topological polar surface area (TPSA) is 26.0 Å². The van der Waals surface area contributed by atoms with Crippen molar-refractivity contribution in [1.29, 1.82) is 0 Å². The minimum atomic E-state index is 0.337. The third-order valence-corrected chi connectivity index (χ3v) is 1.14. The van der Waals surface area contributed by atoms with E-state index in [4.69, 9.17) is 5.73 Å². The summed E-state index contributed by atoms with van der Waals surface area (Å²) in [5.74, 6) is 5.85. The lowest BCUT2D eigenvalue weighted by atomic mass is 10.1. The van der Waals surface area contributed by atoms with Gasteiger partial charge in [0.05, 0.1) is 0 Å². The van der Waals surface area contributed by atoms with E-state index in [-0.39, 0.29) is 0 Å². The molecular weight excluding hydrogens is 110 g/mol. The van der Waals surface area contributed by atoms with Crippen LogP contribution in [-0.4, -0.2) is 6.04 Å². The Hall–Kier alpha value is -0.480. The van der Waals surface area contributed by atoms with Crippen molar-refractivity contribution in [2.75, 3.05) is 0 Å². The van der Waals surface area contributed by atoms with E-state index in [2.05, 4.69) is 11.8 Å². The van der Waals surface area contributed by atoms with Gasteiger partial charge in [0.15, 0.2) is 0 Å². The summed E-state index contributed by atoms with van der Waals surface area (Å²) in [6.45, 7) is 3.89. The lowest BCUT2D eigenvalue weighted by Crippen LogP contribution is -2.13. The average Bonchev–Trinajstić information content (AvgIpc) is 1.80. The fraction of sp³-hybridized carbons (Fsp3) is 0.750. The van der Waals surface area contributed by atoms with Gasteiger partial charge in [-0.25, -0.2) is 0 Å². The maximum absolute atomic E-state index is 5.53. The van der Waals surface area contributed by atoms with E-state index in [0.717, 1.165) is 19.3 Å². The highest BCUT2D eigenvalue weighted by molar-refractivity contribution is 4.94. The van der Waals surface area contributed by atoms with Gasteiger partial charge in [-0.05, 0) is 26.7 Å². The molecule has 0 bridgehead atoms. The van der Waals surface area contributed by atoms with Gasteiger partial charge >= 0.3 is 0 Å². The summed E-state index contributed by atoms with van der Waals surface area (Å²) in [4.78, 5) is 0. The highest BCUT2D eigenvalue weighted by atomic mass is 14.6. The van der Waals surface area contributed by atoms with Crippen LogP contribution in [0.4, 0.5) is 0 Å². The Morgan fingerprint density at radius 1 is 1.56 bits per heavy atom. The maximum atomic E-state index is 5.53. The predicted molar refractivity (Wildman–Crippen MR) is 41.0 cm³/mol. The van der Waals surface area contributed by atoms with Crippen molar-refractivity contribution in [2.45, 2.75) is 39.2 Å². The van der Waals surface area contributed by atoms with Crippen LogP contribution in [0, 0.1) is 11.8 Å². The second-order valence-electron chi connectivity index (χ2n) is 2.30. The number of hydrogen-bond acceptors (Lipinski definition) is 1. The molecule has 0 aliphatic rings. The molecule has 0 rings (SSSR count). The highest BCUT2D eigenvalue weighted by Gasteiger charge is 1.90. The first kappa shape index (κ1) is 8.52. The summed E-state index contributed by atoms with van der Waals surface area (Å²) in [5, 5.41) is 0. The monoisotopic (exact) mass is 125 g/mol. The summed E-state index contributed by atoms with van der Waals surface area (Å²) in [7, 11) is 0. The molecular formula is C8H15N. The fourth-order valence-corrected chi connectivity index (χ4v) is 0.637. The number of unbranched alkanes of at least 4 members (excludes halogenated alkanes) is 1. The first-order chi connectivity index (χ1) is 4.27. The van der Waals surface area contributed by atoms with E-state index < -0.39 is 0 Å². The molecule has 0 aromatic rings. The summed E-state index contributed by atoms with van der Waals surface area (Å²) in [5.41, 5.74) is 5.53. The molecule has 0 amide bonds. The molecule has 0 aliphatic carbocycles. The zero-order chi connectivity index (χ0) is 7.11. The van der Waals surface area contributed by atoms with Gasteiger partial charge in [-0.2, -0.15) is 0 Å². The van der Waals surface area contributed by atoms with E-state index in [1.807, 2.05) is 13.8 Å². The van der Waals surface area contributed by atoms with Crippen molar-refractivity contribution in [3.8, 4) is 11.8 Å². The molecule has 0 aliphatic heterocycles. The van der Waals surface area contributed by atoms with Gasteiger partial charge in [0.2, 0.25) is 0 Å². The largest absolute Gasteiger partial charge is 0.328 e. The van der Waals surface area contributed by atoms with Crippen LogP contribution < -0.4 is 5.73 Å². The lowest BCUT2D eigenvalue weighted by molar-refractivity contribution is 0.634. The highest BCUT2D eigenvalue weighted by Crippen LogP contribution is 1.95. The molecule has 1 heteroatoms. The zero-order valence-corrected chi connectivity index (χ0v) is 6.28. The van der Waals surface area contributed by atoms with Crippen LogP contribution in [-0.2, 0) is 0 Å². The standard InChI is InChI=1S/C8H15N/c1-3-4-5-6-7-8(2)9/h8H,5-7,9H2,1-2H3/t8-/m0/s1. The average molecular weight is 125 g/mol. The van der Waals surface area contributed by atoms with Crippen molar-refractivity contribution >= 4 is 0 Å². The van der Waals surface area contributed by atoms with E-state index in [1.165, 1.54) is 0 Å². The third-order valence-electron chi connectivity index (χ3n) is 1.14. The molecule has 52 valence electrons. The first-order valence-electron chi connectivity index (χ1n) is 3.42. The maximum Gasteiger partial charge on any atom is 0.00891 e. The quantitative estimate of drug-likeness (QED) is 0.449. The van der Waals surface area contributed by atoms with Gasteiger partial charge in [0, 0.05) is 12.5 Å². The minimum absolute atomic E-state index is 0.337. The molecule has 0 heterocycles. The first-order valence-corrected chi connectivity index (χ1v) is 3.42. The minimum Gasteiger partial charge on any atom is -0.328 e. The van der Waals surface area contributed by atoms with Crippen LogP contribution in [0.15, 0.2) is 0 Å². The summed E-state index contributed by atoms with van der Waals surface area (Å²) in [6, 6.07) is 0.337. The Morgan fingerprint density at radius 2 is 2.22 bits per heavy atom. The molecule has 0 saturated heterocycles. The molecule has 1 nitrogen and oxygen atoms in total. The van der Waals surface area contributed by atoms with Crippen molar-refractivity contribution in [3.63, 3.8) is 0 Å². The third kappa shape index (κ3) is 7.52. The second-order valence-corrected chi connectivity index (χ2v) is 2.30. The van der Waals surface area contributed by atoms with Gasteiger partial charge in [-0.1, -0.05) is 0 Å². The molecule has 9 heavy (non-hydrogen) atoms. The SMILES string of the molecule is CC#CCCC[C@H](C)N. The van der Waals surface area contributed by atoms with Crippen LogP contribution in [0.5, 0.6) is 0 Å². The van der Waals surface area contributed by atoms with E-state index >= 15 is 0 Å². The van der Waals surface area contributed by atoms with Crippen LogP contribution in [0.2, 0.25) is 0 Å². The van der Waals surface area contributed by atoms with E-state index in [0.29, 0.717) is 6.04 Å². The van der Waals surface area contributed by atoms with E-state index in [1.54, 1.807) is 0 Å². The number of hydrogen-bond donors (Lipinski definition) is 1. The van der Waals surface area contributed by atoms with Crippen LogP contribution in [0.25, 0.3) is 0 Å². The van der Waals surface area contributed by atoms with Crippen molar-refractivity contribution in [3.05, 3.63) is 0 Å². The van der Waals surface area contributed by atoms with E-state index in [9.17, 15) is 0 Å². The smallest absolute Gasteiger partial charge is 0.00891 e. The molecule has 0 saturated carbocycles. The Morgan fingerprint density at radius 3 is 2.67 bits per heavy atom. The molecule has 0 radical (unpaired) electrons. The molecule has 1 atom stereocenters. The van der Waals surface area contributed by atoms with Crippen molar-refractivity contribution in [1.82, 2.24) is 0 Å². The zero-order valence-electron chi connectivity index (χ0n) is 6.28. The van der Waals surface area contributed by atoms with Gasteiger partial charge in [0.1, 0.15) is 0 Å². The predicted octanol–water partition coefficient (Wildman–Crippen LogP) is 1.53. The lowest BCUT2D eigenvalue weighted by Gasteiger charge is -1.99. The normalized spacial score (nSPS) is 11.9. The van der Waals surface area contributed by atoms with Crippen molar-refractivity contribution in [2.24, 2.45) is 5.73 Å². The van der Waals surface area contributed by atoms with Crippen LogP contribution >= 0.6 is 0 Å². The van der Waals surface area contributed by atoms with Gasteiger partial charge in [-0.15, -0.1) is 11.8 Å². The van der Waals surface area contributed by atoms with Crippen LogP contribution in [0.3, 0.4) is 0 Å². The summed E-state index contributed by atoms with van der Waals surface area (Å²) in [6.07, 6.45) is 3.23. The Kier molecular flexibility index (Phi) is 5.35. The van der Waals surface area contributed by atoms with Gasteiger partial charge < -0.3 is 5.73 Å². The number of rotatable bonds is 3. The molecule has 0 unspecified atom stereocenters. The molecule has 2 N–H and O–H groups in total. The molecule has 0 fully saturated rings. The molecule has 0 spiro atoms. The van der Waals surface area contributed by atoms with Crippen molar-refractivity contribution < 1.29 is 0 Å². The summed E-state index contributed by atoms with van der Waals surface area (Å²) >= 11 is 0. The van der Waals surface area contributed by atoms with Gasteiger partial charge in [0.25, 0.3) is 0 Å². The van der Waals surface area contributed by atoms with Gasteiger partial charge in [-0.3, -0.25) is 0 Å². The van der Waals surface area contributed by atoms with Crippen LogP contribution in [0.1, 0.15) is 33.1 Å². The Labute approximate surface area is 57.6 Å². The second kappa shape index (κ2) is 5.65. The molecule has 0 aromatic heterocycles. The fourth-order valence-electron chi connectivity index (χ4n) is 0.637. The Balaban J connectivity index is 2.98.